The number of para-hydroxylation sites is 1. The van der Waals surface area contributed by atoms with Crippen LogP contribution in [-0.4, -0.2) is 69.1 Å². The Morgan fingerprint density at radius 2 is 1.65 bits per heavy atom. The van der Waals surface area contributed by atoms with Gasteiger partial charge in [-0.15, -0.1) is 0 Å². The first kappa shape index (κ1) is 20.7. The molecule has 0 saturated carbocycles. The first-order chi connectivity index (χ1) is 15.0. The number of nitrogens with one attached hydrogen (secondary N) is 1. The molecule has 31 heavy (non-hydrogen) atoms. The summed E-state index contributed by atoms with van der Waals surface area (Å²) >= 11 is 0. The Bertz CT molecular complexity index is 1030. The lowest BCUT2D eigenvalue weighted by molar-refractivity contribution is -0.117. The number of rotatable bonds is 5. The van der Waals surface area contributed by atoms with Crippen molar-refractivity contribution in [1.29, 1.82) is 0 Å². The number of carbonyl (C=O) groups is 2. The molecule has 1 N–H and O–H groups in total. The summed E-state index contributed by atoms with van der Waals surface area (Å²) in [6, 6.07) is 13.3. The molecule has 8 nitrogen and oxygen atoms in total. The van der Waals surface area contributed by atoms with E-state index < -0.39 is 0 Å². The molecule has 0 aliphatic carbocycles. The average Bonchev–Trinajstić information content (AvgIpc) is 3.32. The zero-order valence-electron chi connectivity index (χ0n) is 17.8. The quantitative estimate of drug-likeness (QED) is 0.687. The zero-order valence-corrected chi connectivity index (χ0v) is 17.8. The molecule has 0 atom stereocenters. The summed E-state index contributed by atoms with van der Waals surface area (Å²) in [4.78, 5) is 33.2. The Morgan fingerprint density at radius 1 is 0.968 bits per heavy atom. The highest BCUT2D eigenvalue weighted by molar-refractivity contribution is 5.95. The lowest BCUT2D eigenvalue weighted by Crippen LogP contribution is -2.50. The Labute approximate surface area is 181 Å². The molecule has 0 spiro atoms. The molecule has 0 radical (unpaired) electrons. The minimum Gasteiger partial charge on any atom is -0.336 e. The van der Waals surface area contributed by atoms with Crippen LogP contribution in [0.3, 0.4) is 0 Å². The highest BCUT2D eigenvalue weighted by Crippen LogP contribution is 2.19. The number of carbonyl (C=O) groups excluding carboxylic acids is 2. The van der Waals surface area contributed by atoms with Crippen molar-refractivity contribution in [2.45, 2.75) is 13.8 Å². The summed E-state index contributed by atoms with van der Waals surface area (Å²) in [6.07, 6.45) is 3.09. The van der Waals surface area contributed by atoms with Crippen molar-refractivity contribution in [2.24, 2.45) is 0 Å². The van der Waals surface area contributed by atoms with Crippen LogP contribution < -0.4 is 5.32 Å². The molecule has 1 aliphatic heterocycles. The van der Waals surface area contributed by atoms with E-state index in [0.29, 0.717) is 38.3 Å². The number of aryl methyl sites for hydroxylation is 2. The van der Waals surface area contributed by atoms with Gasteiger partial charge in [-0.25, -0.2) is 9.67 Å². The van der Waals surface area contributed by atoms with E-state index in [1.54, 1.807) is 11.0 Å². The molecule has 2 amide bonds. The standard InChI is InChI=1S/C23H26N6O2/c1-17-4-3-5-18(2)22(17)26-21(30)14-27-10-12-28(13-11-27)23(31)19-6-8-20(9-7-19)29-16-24-15-25-29/h3-9,15-16H,10-14H2,1-2H3,(H,26,30). The Balaban J connectivity index is 1.29. The summed E-state index contributed by atoms with van der Waals surface area (Å²) in [5, 5.41) is 7.12. The zero-order chi connectivity index (χ0) is 21.8. The monoisotopic (exact) mass is 418 g/mol. The van der Waals surface area contributed by atoms with E-state index >= 15 is 0 Å². The largest absolute Gasteiger partial charge is 0.336 e. The molecule has 1 aliphatic rings. The molecule has 1 saturated heterocycles. The second kappa shape index (κ2) is 9.09. The number of hydrogen-bond donors (Lipinski definition) is 1. The third-order valence-corrected chi connectivity index (χ3v) is 5.57. The van der Waals surface area contributed by atoms with Crippen molar-refractivity contribution < 1.29 is 9.59 Å². The van der Waals surface area contributed by atoms with Gasteiger partial charge in [0.1, 0.15) is 12.7 Å². The lowest BCUT2D eigenvalue weighted by Gasteiger charge is -2.34. The predicted molar refractivity (Wildman–Crippen MR) is 118 cm³/mol. The van der Waals surface area contributed by atoms with Gasteiger partial charge in [0.05, 0.1) is 12.2 Å². The number of anilines is 1. The van der Waals surface area contributed by atoms with E-state index in [2.05, 4.69) is 20.3 Å². The maximum Gasteiger partial charge on any atom is 0.253 e. The number of amides is 2. The maximum absolute atomic E-state index is 12.8. The van der Waals surface area contributed by atoms with Crippen molar-refractivity contribution in [3.63, 3.8) is 0 Å². The van der Waals surface area contributed by atoms with Crippen LogP contribution in [-0.2, 0) is 4.79 Å². The van der Waals surface area contributed by atoms with Gasteiger partial charge in [-0.3, -0.25) is 14.5 Å². The lowest BCUT2D eigenvalue weighted by atomic mass is 10.1. The van der Waals surface area contributed by atoms with Crippen molar-refractivity contribution in [3.05, 3.63) is 71.8 Å². The topological polar surface area (TPSA) is 83.4 Å². The summed E-state index contributed by atoms with van der Waals surface area (Å²) in [7, 11) is 0. The minimum absolute atomic E-state index is 0.00442. The van der Waals surface area contributed by atoms with Gasteiger partial charge in [0.2, 0.25) is 5.91 Å². The number of hydrogen-bond acceptors (Lipinski definition) is 5. The second-order valence-electron chi connectivity index (χ2n) is 7.77. The molecule has 8 heteroatoms. The van der Waals surface area contributed by atoms with Crippen molar-refractivity contribution in [2.75, 3.05) is 38.0 Å². The van der Waals surface area contributed by atoms with Crippen LogP contribution in [0.4, 0.5) is 5.69 Å². The maximum atomic E-state index is 12.8. The van der Waals surface area contributed by atoms with Gasteiger partial charge >= 0.3 is 0 Å². The fourth-order valence-electron chi connectivity index (χ4n) is 3.78. The van der Waals surface area contributed by atoms with Gasteiger partial charge in [0, 0.05) is 37.4 Å². The first-order valence-corrected chi connectivity index (χ1v) is 10.3. The van der Waals surface area contributed by atoms with Crippen molar-refractivity contribution in [1.82, 2.24) is 24.6 Å². The van der Waals surface area contributed by atoms with E-state index in [1.165, 1.54) is 6.33 Å². The molecule has 1 aromatic heterocycles. The number of benzene rings is 2. The molecular weight excluding hydrogens is 392 g/mol. The van der Waals surface area contributed by atoms with Gasteiger partial charge in [0.15, 0.2) is 0 Å². The van der Waals surface area contributed by atoms with E-state index in [0.717, 1.165) is 22.5 Å². The van der Waals surface area contributed by atoms with Crippen LogP contribution in [0.15, 0.2) is 55.1 Å². The van der Waals surface area contributed by atoms with Gasteiger partial charge in [-0.1, -0.05) is 18.2 Å². The van der Waals surface area contributed by atoms with Crippen LogP contribution in [0.1, 0.15) is 21.5 Å². The fourth-order valence-corrected chi connectivity index (χ4v) is 3.78. The van der Waals surface area contributed by atoms with Crippen LogP contribution in [0.5, 0.6) is 0 Å². The summed E-state index contributed by atoms with van der Waals surface area (Å²) < 4.78 is 1.65. The highest BCUT2D eigenvalue weighted by atomic mass is 16.2. The molecule has 2 heterocycles. The van der Waals surface area contributed by atoms with Gasteiger partial charge < -0.3 is 10.2 Å². The van der Waals surface area contributed by atoms with Gasteiger partial charge in [-0.05, 0) is 49.2 Å². The number of nitrogens with zero attached hydrogens (tertiary/aromatic N) is 5. The molecule has 160 valence electrons. The van der Waals surface area contributed by atoms with E-state index in [1.807, 2.05) is 61.2 Å². The molecule has 2 aromatic carbocycles. The van der Waals surface area contributed by atoms with E-state index in [9.17, 15) is 9.59 Å². The molecule has 4 rings (SSSR count). The molecular formula is C23H26N6O2. The molecule has 1 fully saturated rings. The van der Waals surface area contributed by atoms with Crippen molar-refractivity contribution in [3.8, 4) is 5.69 Å². The van der Waals surface area contributed by atoms with Gasteiger partial charge in [-0.2, -0.15) is 5.10 Å². The summed E-state index contributed by atoms with van der Waals surface area (Å²) in [5.74, 6) is -0.0225. The number of aromatic nitrogens is 3. The Kier molecular flexibility index (Phi) is 6.08. The fraction of sp³-hybridized carbons (Fsp3) is 0.304. The Hall–Kier alpha value is -3.52. The molecule has 0 unspecified atom stereocenters. The first-order valence-electron chi connectivity index (χ1n) is 10.3. The van der Waals surface area contributed by atoms with E-state index in [4.69, 9.17) is 0 Å². The van der Waals surface area contributed by atoms with Crippen molar-refractivity contribution >= 4 is 17.5 Å². The van der Waals surface area contributed by atoms with Crippen LogP contribution in [0.2, 0.25) is 0 Å². The predicted octanol–water partition coefficient (Wildman–Crippen LogP) is 2.28. The van der Waals surface area contributed by atoms with Gasteiger partial charge in [0.25, 0.3) is 5.91 Å². The summed E-state index contributed by atoms with van der Waals surface area (Å²) in [5.41, 5.74) is 4.49. The smallest absolute Gasteiger partial charge is 0.253 e. The minimum atomic E-state index is -0.0270. The number of piperazine rings is 1. The van der Waals surface area contributed by atoms with Crippen LogP contribution in [0, 0.1) is 13.8 Å². The molecule has 0 bridgehead atoms. The Morgan fingerprint density at radius 3 is 2.26 bits per heavy atom. The molecule has 3 aromatic rings. The third kappa shape index (κ3) is 4.80. The average molecular weight is 419 g/mol. The van der Waals surface area contributed by atoms with Crippen LogP contribution >= 0.6 is 0 Å². The third-order valence-electron chi connectivity index (χ3n) is 5.57. The highest BCUT2D eigenvalue weighted by Gasteiger charge is 2.23. The SMILES string of the molecule is Cc1cccc(C)c1NC(=O)CN1CCN(C(=O)c2ccc(-n3cncn3)cc2)CC1. The van der Waals surface area contributed by atoms with E-state index in [-0.39, 0.29) is 11.8 Å². The second-order valence-corrected chi connectivity index (χ2v) is 7.77. The summed E-state index contributed by atoms with van der Waals surface area (Å²) in [6.45, 7) is 6.84. The normalized spacial score (nSPS) is 14.5. The van der Waals surface area contributed by atoms with Crippen LogP contribution in [0.25, 0.3) is 5.69 Å².